The highest BCUT2D eigenvalue weighted by Crippen LogP contribution is 2.29. The number of hydrogen-bond acceptors (Lipinski definition) is 7. The third-order valence-electron chi connectivity index (χ3n) is 4.81. The van der Waals surface area contributed by atoms with E-state index in [0.717, 1.165) is 0 Å². The molecule has 0 spiro atoms. The number of alkyl halides is 2. The van der Waals surface area contributed by atoms with E-state index in [4.69, 9.17) is 9.47 Å². The Labute approximate surface area is 194 Å². The van der Waals surface area contributed by atoms with Crippen molar-refractivity contribution in [1.29, 1.82) is 0 Å². The van der Waals surface area contributed by atoms with Crippen LogP contribution in [0.2, 0.25) is 0 Å². The highest BCUT2D eigenvalue weighted by Gasteiger charge is 2.27. The number of nitrogens with zero attached hydrogens (tertiary/aromatic N) is 1. The number of sulfonamides is 1. The highest BCUT2D eigenvalue weighted by atomic mass is 32.2. The normalized spacial score (nSPS) is 14.5. The zero-order chi connectivity index (χ0) is 24.7. The number of halogens is 2. The van der Waals surface area contributed by atoms with Gasteiger partial charge in [-0.2, -0.15) is 13.1 Å². The maximum Gasteiger partial charge on any atom is 0.387 e. The van der Waals surface area contributed by atoms with Gasteiger partial charge in [0.1, 0.15) is 11.5 Å². The van der Waals surface area contributed by atoms with Crippen LogP contribution in [-0.2, 0) is 19.6 Å². The van der Waals surface area contributed by atoms with Crippen LogP contribution in [0, 0.1) is 0 Å². The van der Waals surface area contributed by atoms with Crippen molar-refractivity contribution in [2.75, 3.05) is 45.3 Å². The number of carbonyl (C=O) groups is 2. The van der Waals surface area contributed by atoms with Gasteiger partial charge in [0.05, 0.1) is 43.0 Å². The average molecular weight is 499 g/mol. The summed E-state index contributed by atoms with van der Waals surface area (Å²) >= 11 is 0. The van der Waals surface area contributed by atoms with Crippen LogP contribution in [0.3, 0.4) is 0 Å². The minimum absolute atomic E-state index is 0.0485. The first-order valence-electron chi connectivity index (χ1n) is 10.1. The van der Waals surface area contributed by atoms with Crippen LogP contribution in [0.4, 0.5) is 14.5 Å². The molecule has 0 aromatic heterocycles. The minimum Gasteiger partial charge on any atom is -0.495 e. The number of rotatable bonds is 9. The van der Waals surface area contributed by atoms with Crippen LogP contribution in [0.5, 0.6) is 11.5 Å². The summed E-state index contributed by atoms with van der Waals surface area (Å²) in [6, 6.07) is 9.37. The Bertz CT molecular complexity index is 1140. The van der Waals surface area contributed by atoms with E-state index >= 15 is 0 Å². The predicted molar refractivity (Wildman–Crippen MR) is 117 cm³/mol. The quantitative estimate of drug-likeness (QED) is 0.538. The molecule has 2 amide bonds. The number of nitrogens with one attached hydrogen (secondary N) is 2. The maximum atomic E-state index is 12.9. The molecule has 1 heterocycles. The summed E-state index contributed by atoms with van der Waals surface area (Å²) in [4.78, 5) is 24.7. The predicted octanol–water partition coefficient (Wildman–Crippen LogP) is 1.69. The summed E-state index contributed by atoms with van der Waals surface area (Å²) in [5, 5.41) is 4.80. The van der Waals surface area contributed by atoms with Gasteiger partial charge < -0.3 is 24.8 Å². The van der Waals surface area contributed by atoms with Gasteiger partial charge >= 0.3 is 6.61 Å². The van der Waals surface area contributed by atoms with E-state index in [2.05, 4.69) is 15.4 Å². The van der Waals surface area contributed by atoms with Gasteiger partial charge in [0.2, 0.25) is 15.9 Å². The van der Waals surface area contributed by atoms with Gasteiger partial charge in [0, 0.05) is 13.1 Å². The fourth-order valence-electron chi connectivity index (χ4n) is 3.18. The van der Waals surface area contributed by atoms with Gasteiger partial charge in [0.15, 0.2) is 0 Å². The highest BCUT2D eigenvalue weighted by molar-refractivity contribution is 7.89. The number of carbonyl (C=O) groups excluding carboxylic acids is 2. The molecule has 2 N–H and O–H groups in total. The van der Waals surface area contributed by atoms with Crippen LogP contribution in [0.15, 0.2) is 47.4 Å². The van der Waals surface area contributed by atoms with E-state index in [1.165, 1.54) is 53.9 Å². The number of ether oxygens (including phenoxy) is 3. The van der Waals surface area contributed by atoms with Crippen LogP contribution >= 0.6 is 0 Å². The van der Waals surface area contributed by atoms with E-state index < -0.39 is 35.0 Å². The number of benzene rings is 2. The van der Waals surface area contributed by atoms with Crippen molar-refractivity contribution in [3.05, 3.63) is 48.0 Å². The molecule has 0 radical (unpaired) electrons. The van der Waals surface area contributed by atoms with Gasteiger partial charge in [-0.25, -0.2) is 8.42 Å². The average Bonchev–Trinajstić information content (AvgIpc) is 2.83. The van der Waals surface area contributed by atoms with E-state index in [9.17, 15) is 26.8 Å². The van der Waals surface area contributed by atoms with Crippen LogP contribution in [0.1, 0.15) is 10.4 Å². The molecule has 184 valence electrons. The smallest absolute Gasteiger partial charge is 0.387 e. The fraction of sp³-hybridized carbons (Fsp3) is 0.333. The zero-order valence-corrected chi connectivity index (χ0v) is 18.9. The molecule has 1 aliphatic heterocycles. The van der Waals surface area contributed by atoms with Crippen LogP contribution < -0.4 is 20.1 Å². The number of amides is 2. The van der Waals surface area contributed by atoms with E-state index in [-0.39, 0.29) is 53.9 Å². The molecule has 1 aliphatic rings. The van der Waals surface area contributed by atoms with E-state index in [1.54, 1.807) is 0 Å². The number of hydrogen-bond donors (Lipinski definition) is 2. The molecule has 0 unspecified atom stereocenters. The summed E-state index contributed by atoms with van der Waals surface area (Å²) in [6.45, 7) is -2.66. The molecule has 34 heavy (non-hydrogen) atoms. The Morgan fingerprint density at radius 1 is 1.12 bits per heavy atom. The first-order chi connectivity index (χ1) is 16.2. The lowest BCUT2D eigenvalue weighted by Gasteiger charge is -2.26. The third kappa shape index (κ3) is 6.18. The Balaban J connectivity index is 1.70. The molecule has 13 heteroatoms. The number of methoxy groups -OCH3 is 1. The lowest BCUT2D eigenvalue weighted by molar-refractivity contribution is -0.115. The largest absolute Gasteiger partial charge is 0.495 e. The molecule has 0 bridgehead atoms. The Kier molecular flexibility index (Phi) is 8.36. The Morgan fingerprint density at radius 3 is 2.50 bits per heavy atom. The van der Waals surface area contributed by atoms with Gasteiger partial charge in [-0.15, -0.1) is 0 Å². The molecule has 0 aliphatic carbocycles. The lowest BCUT2D eigenvalue weighted by atomic mass is 10.2. The van der Waals surface area contributed by atoms with Crippen molar-refractivity contribution in [3.63, 3.8) is 0 Å². The van der Waals surface area contributed by atoms with Crippen molar-refractivity contribution in [1.82, 2.24) is 9.62 Å². The summed E-state index contributed by atoms with van der Waals surface area (Å²) in [7, 11) is -2.47. The first-order valence-corrected chi connectivity index (χ1v) is 11.5. The lowest BCUT2D eigenvalue weighted by Crippen LogP contribution is -2.40. The minimum atomic E-state index is -3.82. The molecule has 0 saturated carbocycles. The molecule has 10 nitrogen and oxygen atoms in total. The molecule has 2 aromatic carbocycles. The Hall–Kier alpha value is -3.29. The van der Waals surface area contributed by atoms with Gasteiger partial charge in [-0.3, -0.25) is 9.59 Å². The van der Waals surface area contributed by atoms with E-state index in [1.807, 2.05) is 0 Å². The van der Waals surface area contributed by atoms with Gasteiger partial charge in [0.25, 0.3) is 5.91 Å². The maximum absolute atomic E-state index is 12.9. The van der Waals surface area contributed by atoms with Crippen molar-refractivity contribution >= 4 is 27.5 Å². The third-order valence-corrected chi connectivity index (χ3v) is 6.70. The molecule has 0 atom stereocenters. The molecule has 1 saturated heterocycles. The van der Waals surface area contributed by atoms with Crippen LogP contribution in [-0.4, -0.2) is 71.1 Å². The first kappa shape index (κ1) is 25.3. The van der Waals surface area contributed by atoms with Crippen LogP contribution in [0.25, 0.3) is 0 Å². The number of para-hydroxylation sites is 1. The fourth-order valence-corrected chi connectivity index (χ4v) is 4.62. The van der Waals surface area contributed by atoms with Gasteiger partial charge in [-0.05, 0) is 30.3 Å². The molecular formula is C21H23F2N3O7S. The summed E-state index contributed by atoms with van der Waals surface area (Å²) in [6.07, 6.45) is 0. The summed E-state index contributed by atoms with van der Waals surface area (Å²) < 4.78 is 66.9. The zero-order valence-electron chi connectivity index (χ0n) is 18.1. The topological polar surface area (TPSA) is 123 Å². The molecule has 1 fully saturated rings. The number of anilines is 1. The summed E-state index contributed by atoms with van der Waals surface area (Å²) in [5.74, 6) is -1.63. The Morgan fingerprint density at radius 2 is 1.82 bits per heavy atom. The SMILES string of the molecule is COc1ccc(S(=O)(=O)N2CCOCC2)cc1NC(=O)CNC(=O)c1ccccc1OC(F)F. The second kappa shape index (κ2) is 11.2. The molecule has 2 aromatic rings. The molecular weight excluding hydrogens is 476 g/mol. The number of morpholine rings is 1. The van der Waals surface area contributed by atoms with Gasteiger partial charge in [-0.1, -0.05) is 12.1 Å². The standard InChI is InChI=1S/C21H23F2N3O7S/c1-31-18-7-6-14(34(29,30)26-8-10-32-11-9-26)12-16(18)25-19(27)13-24-20(28)15-4-2-3-5-17(15)33-21(22)23/h2-7,12,21H,8-11,13H2,1H3,(H,24,28)(H,25,27). The van der Waals surface area contributed by atoms with Crippen molar-refractivity contribution in [2.45, 2.75) is 11.5 Å². The summed E-state index contributed by atoms with van der Waals surface area (Å²) in [5.41, 5.74) is -0.0932. The van der Waals surface area contributed by atoms with Crippen molar-refractivity contribution in [2.24, 2.45) is 0 Å². The van der Waals surface area contributed by atoms with E-state index in [0.29, 0.717) is 0 Å². The second-order valence-corrected chi connectivity index (χ2v) is 8.92. The van der Waals surface area contributed by atoms with Crippen molar-refractivity contribution < 1.29 is 41.0 Å². The van der Waals surface area contributed by atoms with Crippen molar-refractivity contribution in [3.8, 4) is 11.5 Å². The monoisotopic (exact) mass is 499 g/mol. The molecule has 3 rings (SSSR count). The second-order valence-electron chi connectivity index (χ2n) is 6.98.